The Hall–Kier alpha value is -4.09. The number of hydrogen-bond donors (Lipinski definition) is 2. The molecule has 0 saturated carbocycles. The number of pyridine rings is 3. The van der Waals surface area contributed by atoms with Crippen LogP contribution >= 0.6 is 11.3 Å². The first-order chi connectivity index (χ1) is 20.7. The van der Waals surface area contributed by atoms with Crippen molar-refractivity contribution < 1.29 is 9.18 Å². The topological polar surface area (TPSA) is 95.4 Å². The van der Waals surface area contributed by atoms with Crippen LogP contribution < -0.4 is 21.1 Å². The summed E-state index contributed by atoms with van der Waals surface area (Å²) in [6.45, 7) is 8.24. The summed E-state index contributed by atoms with van der Waals surface area (Å²) in [5, 5.41) is 5.80. The number of aromatic nitrogens is 3. The van der Waals surface area contributed by atoms with E-state index in [1.54, 1.807) is 19.3 Å². The largest absolute Gasteiger partial charge is 0.368 e. The van der Waals surface area contributed by atoms with Crippen LogP contribution in [0.1, 0.15) is 58.6 Å². The molecule has 1 aliphatic heterocycles. The van der Waals surface area contributed by atoms with Gasteiger partial charge in [0.05, 0.1) is 22.5 Å². The Morgan fingerprint density at radius 2 is 1.79 bits per heavy atom. The number of carbonyl (C=O) groups is 1. The molecule has 43 heavy (non-hydrogen) atoms. The van der Waals surface area contributed by atoms with E-state index in [4.69, 9.17) is 0 Å². The quantitative estimate of drug-likeness (QED) is 0.289. The van der Waals surface area contributed by atoms with E-state index < -0.39 is 5.82 Å². The van der Waals surface area contributed by atoms with Gasteiger partial charge in [0.1, 0.15) is 11.5 Å². The lowest BCUT2D eigenvalue weighted by atomic mass is 9.83. The monoisotopic (exact) mass is 601 g/mol. The van der Waals surface area contributed by atoms with Gasteiger partial charge in [-0.15, -0.1) is 11.3 Å². The van der Waals surface area contributed by atoms with Crippen LogP contribution in [-0.2, 0) is 7.05 Å². The average Bonchev–Trinajstić information content (AvgIpc) is 3.47. The summed E-state index contributed by atoms with van der Waals surface area (Å²) in [4.78, 5) is 41.5. The third-order valence-electron chi connectivity index (χ3n) is 8.46. The zero-order valence-corrected chi connectivity index (χ0v) is 25.7. The summed E-state index contributed by atoms with van der Waals surface area (Å²) in [6.07, 6.45) is 5.64. The molecule has 0 aromatic carbocycles. The Bertz CT molecular complexity index is 1680. The van der Waals surface area contributed by atoms with Gasteiger partial charge in [-0.1, -0.05) is 13.8 Å². The van der Waals surface area contributed by atoms with Crippen LogP contribution in [0.15, 0.2) is 53.6 Å². The molecule has 1 amide bonds. The summed E-state index contributed by atoms with van der Waals surface area (Å²) in [5.41, 5.74) is 3.32. The van der Waals surface area contributed by atoms with E-state index in [-0.39, 0.29) is 17.3 Å². The Morgan fingerprint density at radius 3 is 2.51 bits per heavy atom. The molecule has 4 aromatic heterocycles. The number of hydrogen-bond acceptors (Lipinski definition) is 8. The van der Waals surface area contributed by atoms with E-state index in [1.165, 1.54) is 38.5 Å². The van der Waals surface area contributed by atoms with Crippen molar-refractivity contribution in [3.63, 3.8) is 0 Å². The van der Waals surface area contributed by atoms with Gasteiger partial charge in [0, 0.05) is 49.9 Å². The van der Waals surface area contributed by atoms with E-state index in [2.05, 4.69) is 51.3 Å². The lowest BCUT2D eigenvalue weighted by Crippen LogP contribution is -2.44. The van der Waals surface area contributed by atoms with Crippen molar-refractivity contribution in [2.45, 2.75) is 38.5 Å². The Labute approximate surface area is 254 Å². The number of fused-ring (bicyclic) bond motifs is 1. The number of carbonyl (C=O) groups excluding carboxylic acids is 1. The first-order valence-corrected chi connectivity index (χ1v) is 15.5. The van der Waals surface area contributed by atoms with Crippen LogP contribution in [0.25, 0.3) is 11.3 Å². The molecule has 9 nitrogen and oxygen atoms in total. The van der Waals surface area contributed by atoms with Crippen molar-refractivity contribution in [2.75, 3.05) is 48.8 Å². The van der Waals surface area contributed by atoms with Crippen molar-refractivity contribution in [1.29, 1.82) is 0 Å². The van der Waals surface area contributed by atoms with Crippen LogP contribution in [-0.4, -0.2) is 58.6 Å². The molecule has 2 atom stereocenters. The van der Waals surface area contributed by atoms with E-state index >= 15 is 0 Å². The first-order valence-electron chi connectivity index (χ1n) is 14.7. The lowest BCUT2D eigenvalue weighted by Gasteiger charge is -2.33. The molecule has 5 heterocycles. The zero-order valence-electron chi connectivity index (χ0n) is 24.9. The standard InChI is InChI=1S/C32H36FN7O2S/c1-19-5-6-20(2)29-23(19)16-27(43-29)31(41)37-30-24(33)8-9-25(36-30)21-15-26(32(42)39(4)18-21)35-28-10-7-22(17-34-28)40-13-11-38(3)12-14-40/h7-10,15-20H,5-6,11-14H2,1-4H3,(H,34,35)(H,36,37,41)/t19-,20+/m1/s1. The second-order valence-electron chi connectivity index (χ2n) is 11.7. The fourth-order valence-electron chi connectivity index (χ4n) is 5.74. The van der Waals surface area contributed by atoms with E-state index in [1.807, 2.05) is 24.4 Å². The normalized spacial score (nSPS) is 18.8. The molecule has 6 rings (SSSR count). The molecular formula is C32H36FN7O2S. The van der Waals surface area contributed by atoms with Crippen molar-refractivity contribution in [3.8, 4) is 11.3 Å². The number of thiophene rings is 1. The van der Waals surface area contributed by atoms with Gasteiger partial charge < -0.3 is 25.0 Å². The summed E-state index contributed by atoms with van der Waals surface area (Å²) >= 11 is 1.48. The lowest BCUT2D eigenvalue weighted by molar-refractivity contribution is 0.102. The molecule has 1 saturated heterocycles. The third kappa shape index (κ3) is 6.05. The number of anilines is 4. The van der Waals surface area contributed by atoms with Crippen molar-refractivity contribution in [2.24, 2.45) is 7.05 Å². The van der Waals surface area contributed by atoms with E-state index in [0.717, 1.165) is 44.7 Å². The number of piperazine rings is 1. The summed E-state index contributed by atoms with van der Waals surface area (Å²) in [7, 11) is 3.76. The highest BCUT2D eigenvalue weighted by atomic mass is 32.1. The molecule has 4 aromatic rings. The van der Waals surface area contributed by atoms with Gasteiger partial charge >= 0.3 is 0 Å². The molecule has 224 valence electrons. The number of likely N-dealkylation sites (N-methyl/N-ethyl adjacent to an activating group) is 1. The van der Waals surface area contributed by atoms with Gasteiger partial charge in [0.2, 0.25) is 0 Å². The molecule has 0 spiro atoms. The SMILES string of the molecule is C[C@@H]1CC[C@H](C)c2sc(C(=O)Nc3nc(-c4cc(Nc5ccc(N6CCN(C)CC6)cn5)c(=O)n(C)c4)ccc3F)cc21. The number of rotatable bonds is 6. The number of nitrogens with one attached hydrogen (secondary N) is 2. The van der Waals surface area contributed by atoms with Gasteiger partial charge in [0.15, 0.2) is 11.6 Å². The molecule has 0 bridgehead atoms. The van der Waals surface area contributed by atoms with Gasteiger partial charge in [0.25, 0.3) is 11.5 Å². The Kier molecular flexibility index (Phi) is 8.02. The predicted molar refractivity (Wildman–Crippen MR) is 170 cm³/mol. The molecule has 2 aliphatic rings. The van der Waals surface area contributed by atoms with Gasteiger partial charge in [-0.3, -0.25) is 9.59 Å². The fraction of sp³-hybridized carbons (Fsp3) is 0.375. The van der Waals surface area contributed by atoms with Crippen molar-refractivity contribution in [1.82, 2.24) is 19.4 Å². The number of halogens is 1. The van der Waals surface area contributed by atoms with Gasteiger partial charge in [-0.05, 0) is 73.7 Å². The van der Waals surface area contributed by atoms with Crippen LogP contribution in [0.3, 0.4) is 0 Å². The van der Waals surface area contributed by atoms with Crippen LogP contribution in [0.2, 0.25) is 0 Å². The highest BCUT2D eigenvalue weighted by Crippen LogP contribution is 2.43. The van der Waals surface area contributed by atoms with Crippen LogP contribution in [0.5, 0.6) is 0 Å². The zero-order chi connectivity index (χ0) is 30.2. The predicted octanol–water partition coefficient (Wildman–Crippen LogP) is 5.79. The van der Waals surface area contributed by atoms with Crippen LogP contribution in [0, 0.1) is 5.82 Å². The maximum absolute atomic E-state index is 14.9. The van der Waals surface area contributed by atoms with Crippen molar-refractivity contribution >= 4 is 40.3 Å². The smallest absolute Gasteiger partial charge is 0.274 e. The summed E-state index contributed by atoms with van der Waals surface area (Å²) in [6, 6.07) is 10.3. The average molecular weight is 602 g/mol. The molecule has 2 N–H and O–H groups in total. The van der Waals surface area contributed by atoms with Crippen molar-refractivity contribution in [3.05, 3.63) is 80.3 Å². The number of aryl methyl sites for hydroxylation is 1. The second-order valence-corrected chi connectivity index (χ2v) is 12.7. The highest BCUT2D eigenvalue weighted by Gasteiger charge is 2.27. The molecule has 0 radical (unpaired) electrons. The number of nitrogens with zero attached hydrogens (tertiary/aromatic N) is 5. The Balaban J connectivity index is 1.22. The number of amides is 1. The first kappa shape index (κ1) is 29.0. The third-order valence-corrected chi connectivity index (χ3v) is 9.84. The highest BCUT2D eigenvalue weighted by molar-refractivity contribution is 7.14. The van der Waals surface area contributed by atoms with Gasteiger partial charge in [-0.2, -0.15) is 0 Å². The fourth-order valence-corrected chi connectivity index (χ4v) is 7.00. The van der Waals surface area contributed by atoms with Crippen LogP contribution in [0.4, 0.5) is 27.4 Å². The minimum Gasteiger partial charge on any atom is -0.368 e. The maximum Gasteiger partial charge on any atom is 0.274 e. The molecule has 0 unspecified atom stereocenters. The minimum absolute atomic E-state index is 0.153. The summed E-state index contributed by atoms with van der Waals surface area (Å²) < 4.78 is 16.3. The molecule has 11 heteroatoms. The van der Waals surface area contributed by atoms with E-state index in [9.17, 15) is 14.0 Å². The molecule has 1 fully saturated rings. The maximum atomic E-state index is 14.9. The molecular weight excluding hydrogens is 565 g/mol. The summed E-state index contributed by atoms with van der Waals surface area (Å²) in [5.74, 6) is 0.187. The van der Waals surface area contributed by atoms with Gasteiger partial charge in [-0.25, -0.2) is 14.4 Å². The second kappa shape index (κ2) is 11.9. The Morgan fingerprint density at radius 1 is 1.02 bits per heavy atom. The molecule has 1 aliphatic carbocycles. The minimum atomic E-state index is -0.632. The van der Waals surface area contributed by atoms with E-state index in [0.29, 0.717) is 39.5 Å².